The van der Waals surface area contributed by atoms with Crippen molar-refractivity contribution in [3.8, 4) is 0 Å². The first kappa shape index (κ1) is 28.4. The van der Waals surface area contributed by atoms with Gasteiger partial charge in [-0.1, -0.05) is 61.0 Å². The highest BCUT2D eigenvalue weighted by atomic mass is 32.2. The van der Waals surface area contributed by atoms with E-state index in [1.165, 1.54) is 0 Å². The minimum absolute atomic E-state index is 0.103. The van der Waals surface area contributed by atoms with Crippen LogP contribution < -0.4 is 21.7 Å². The lowest BCUT2D eigenvalue weighted by atomic mass is 9.89. The van der Waals surface area contributed by atoms with E-state index in [0.717, 1.165) is 79.4 Å². The van der Waals surface area contributed by atoms with Crippen molar-refractivity contribution < 1.29 is 14.4 Å². The number of carbonyl (C=O) groups is 3. The Morgan fingerprint density at radius 2 is 1.62 bits per heavy atom. The molecule has 2 aliphatic carbocycles. The topological polar surface area (TPSA) is 113 Å². The minimum atomic E-state index is -0.448. The molecule has 3 aliphatic rings. The van der Waals surface area contributed by atoms with Crippen LogP contribution in [-0.2, 0) is 4.79 Å². The molecule has 1 unspecified atom stereocenters. The monoisotopic (exact) mass is 560 g/mol. The number of hydrogen-bond acceptors (Lipinski definition) is 5. The number of nitrogens with one attached hydrogen (secondary N) is 3. The zero-order chi connectivity index (χ0) is 27.9. The zero-order valence-corrected chi connectivity index (χ0v) is 23.8. The Balaban J connectivity index is 1.06. The van der Waals surface area contributed by atoms with Crippen molar-refractivity contribution in [3.63, 3.8) is 0 Å². The van der Waals surface area contributed by atoms with Crippen LogP contribution in [0.25, 0.3) is 6.08 Å². The lowest BCUT2D eigenvalue weighted by Gasteiger charge is -2.32. The van der Waals surface area contributed by atoms with Gasteiger partial charge in [0.15, 0.2) is 5.78 Å². The number of hydrogen-bond donors (Lipinski definition) is 4. The molecule has 3 atom stereocenters. The molecule has 2 aromatic rings. The Morgan fingerprint density at radius 1 is 0.900 bits per heavy atom. The quantitative estimate of drug-likeness (QED) is 0.238. The largest absolute Gasteiger partial charge is 0.353 e. The number of benzene rings is 2. The SMILES string of the molecule is NC(=O)N[C@H]1CS[C@@H](CCCCC(=O)NC2CCC(NC3/C(=C\c4ccccc4)C(=O)c4ccccc43)CC2)C1. The van der Waals surface area contributed by atoms with Crippen molar-refractivity contribution in [2.75, 3.05) is 5.75 Å². The standard InChI is InChI=1S/C32H40N4O3S/c33-32(39)36-24-19-25(40-20-24)10-4-7-13-29(37)34-22-14-16-23(17-15-22)35-30-26-11-5-6-12-27(26)31(38)28(30)18-21-8-2-1-3-9-21/h1-3,5-6,8-9,11-12,18,22-25,30,35H,4,7,10,13-17,19-20H2,(H,34,37)(H3,33,36,39)/b28-18+/t22?,23?,24-,25+,30?/m1/s1. The number of primary amides is 1. The highest BCUT2D eigenvalue weighted by Gasteiger charge is 2.36. The summed E-state index contributed by atoms with van der Waals surface area (Å²) in [5.74, 6) is 1.17. The van der Waals surface area contributed by atoms with Gasteiger partial charge >= 0.3 is 6.03 Å². The molecule has 40 heavy (non-hydrogen) atoms. The van der Waals surface area contributed by atoms with E-state index in [1.807, 2.05) is 66.4 Å². The third-order valence-electron chi connectivity index (χ3n) is 8.31. The third-order valence-corrected chi connectivity index (χ3v) is 9.81. The molecule has 5 rings (SSSR count). The third kappa shape index (κ3) is 7.34. The molecule has 1 saturated carbocycles. The predicted octanol–water partition coefficient (Wildman–Crippen LogP) is 5.13. The molecule has 8 heteroatoms. The molecular weight excluding hydrogens is 520 g/mol. The van der Waals surface area contributed by atoms with E-state index in [2.05, 4.69) is 22.0 Å². The lowest BCUT2D eigenvalue weighted by Crippen LogP contribution is -2.43. The normalized spacial score (nSPS) is 26.9. The number of unbranched alkanes of at least 4 members (excludes halogenated alkanes) is 1. The number of amides is 3. The van der Waals surface area contributed by atoms with Gasteiger partial charge in [0, 0.05) is 46.7 Å². The highest BCUT2D eigenvalue weighted by Crippen LogP contribution is 2.38. The first-order chi connectivity index (χ1) is 19.5. The van der Waals surface area contributed by atoms with Crippen molar-refractivity contribution in [1.82, 2.24) is 16.0 Å². The van der Waals surface area contributed by atoms with E-state index in [4.69, 9.17) is 5.73 Å². The van der Waals surface area contributed by atoms with Crippen LogP contribution >= 0.6 is 11.8 Å². The molecule has 1 heterocycles. The second-order valence-corrected chi connectivity index (χ2v) is 12.6. The van der Waals surface area contributed by atoms with Gasteiger partial charge in [0.2, 0.25) is 5.91 Å². The second kappa shape index (κ2) is 13.5. The molecule has 0 bridgehead atoms. The first-order valence-corrected chi connectivity index (χ1v) is 15.6. The minimum Gasteiger partial charge on any atom is -0.353 e. The maximum Gasteiger partial charge on any atom is 0.312 e. The summed E-state index contributed by atoms with van der Waals surface area (Å²) >= 11 is 1.89. The molecule has 5 N–H and O–H groups in total. The average Bonchev–Trinajstić information content (AvgIpc) is 3.50. The van der Waals surface area contributed by atoms with Gasteiger partial charge in [-0.05, 0) is 62.1 Å². The molecule has 2 aromatic carbocycles. The van der Waals surface area contributed by atoms with Gasteiger partial charge in [0.05, 0.1) is 6.04 Å². The van der Waals surface area contributed by atoms with Crippen LogP contribution in [0.5, 0.6) is 0 Å². The Kier molecular flexibility index (Phi) is 9.60. The van der Waals surface area contributed by atoms with Crippen LogP contribution in [0.1, 0.15) is 85.3 Å². The Hall–Kier alpha value is -3.10. The first-order valence-electron chi connectivity index (χ1n) is 14.6. The molecule has 1 saturated heterocycles. The Morgan fingerprint density at radius 3 is 2.40 bits per heavy atom. The van der Waals surface area contributed by atoms with E-state index in [9.17, 15) is 14.4 Å². The van der Waals surface area contributed by atoms with Crippen LogP contribution in [0.15, 0.2) is 60.2 Å². The van der Waals surface area contributed by atoms with Gasteiger partial charge in [0.1, 0.15) is 0 Å². The van der Waals surface area contributed by atoms with Crippen molar-refractivity contribution in [2.24, 2.45) is 5.73 Å². The van der Waals surface area contributed by atoms with Crippen LogP contribution in [0.3, 0.4) is 0 Å². The number of fused-ring (bicyclic) bond motifs is 1. The summed E-state index contributed by atoms with van der Waals surface area (Å²) in [7, 11) is 0. The summed E-state index contributed by atoms with van der Waals surface area (Å²) in [6.07, 6.45) is 10.3. The van der Waals surface area contributed by atoms with Gasteiger partial charge in [-0.3, -0.25) is 9.59 Å². The molecule has 1 aliphatic heterocycles. The maximum absolute atomic E-state index is 13.3. The molecule has 2 fully saturated rings. The van der Waals surface area contributed by atoms with Crippen molar-refractivity contribution in [2.45, 2.75) is 87.2 Å². The molecule has 3 amide bonds. The average molecular weight is 561 g/mol. The van der Waals surface area contributed by atoms with E-state index in [0.29, 0.717) is 17.7 Å². The van der Waals surface area contributed by atoms with Gasteiger partial charge < -0.3 is 21.7 Å². The van der Waals surface area contributed by atoms with Gasteiger partial charge in [-0.25, -0.2) is 4.79 Å². The summed E-state index contributed by atoms with van der Waals surface area (Å²) in [5.41, 5.74) is 8.91. The summed E-state index contributed by atoms with van der Waals surface area (Å²) in [4.78, 5) is 36.9. The van der Waals surface area contributed by atoms with Crippen molar-refractivity contribution in [1.29, 1.82) is 0 Å². The molecular formula is C32H40N4O3S. The number of rotatable bonds is 10. The van der Waals surface area contributed by atoms with Crippen LogP contribution in [0.2, 0.25) is 0 Å². The predicted molar refractivity (Wildman–Crippen MR) is 161 cm³/mol. The Bertz CT molecular complexity index is 1230. The van der Waals surface area contributed by atoms with E-state index >= 15 is 0 Å². The molecule has 0 aromatic heterocycles. The summed E-state index contributed by atoms with van der Waals surface area (Å²) in [5, 5.41) is 10.4. The number of carbonyl (C=O) groups excluding carboxylic acids is 3. The Labute approximate surface area is 241 Å². The lowest BCUT2D eigenvalue weighted by molar-refractivity contribution is -0.122. The van der Waals surface area contributed by atoms with Crippen LogP contribution in [0, 0.1) is 0 Å². The fraction of sp³-hybridized carbons (Fsp3) is 0.469. The summed E-state index contributed by atoms with van der Waals surface area (Å²) in [6.45, 7) is 0. The van der Waals surface area contributed by atoms with Gasteiger partial charge in [-0.2, -0.15) is 11.8 Å². The highest BCUT2D eigenvalue weighted by molar-refractivity contribution is 8.00. The number of Topliss-reactive ketones (excluding diaryl/α,β-unsaturated/α-hetero) is 1. The fourth-order valence-electron chi connectivity index (χ4n) is 6.27. The smallest absolute Gasteiger partial charge is 0.312 e. The summed E-state index contributed by atoms with van der Waals surface area (Å²) in [6, 6.07) is 18.1. The molecule has 7 nitrogen and oxygen atoms in total. The summed E-state index contributed by atoms with van der Waals surface area (Å²) < 4.78 is 0. The van der Waals surface area contributed by atoms with Crippen LogP contribution in [0.4, 0.5) is 4.79 Å². The van der Waals surface area contributed by atoms with Gasteiger partial charge in [0.25, 0.3) is 0 Å². The van der Waals surface area contributed by atoms with Crippen molar-refractivity contribution in [3.05, 3.63) is 76.9 Å². The maximum atomic E-state index is 13.3. The molecule has 212 valence electrons. The van der Waals surface area contributed by atoms with Gasteiger partial charge in [-0.15, -0.1) is 0 Å². The molecule has 0 spiro atoms. The van der Waals surface area contributed by atoms with Crippen LogP contribution in [-0.4, -0.2) is 46.8 Å². The number of urea groups is 1. The zero-order valence-electron chi connectivity index (χ0n) is 22.9. The van der Waals surface area contributed by atoms with E-state index in [-0.39, 0.29) is 29.8 Å². The fourth-order valence-corrected chi connectivity index (χ4v) is 7.70. The number of thioether (sulfide) groups is 1. The molecule has 0 radical (unpaired) electrons. The van der Waals surface area contributed by atoms with E-state index in [1.54, 1.807) is 0 Å². The second-order valence-electron chi connectivity index (χ2n) is 11.3. The number of nitrogens with two attached hydrogens (primary N) is 1. The van der Waals surface area contributed by atoms with E-state index < -0.39 is 6.03 Å². The van der Waals surface area contributed by atoms with Crippen molar-refractivity contribution >= 4 is 35.6 Å². The number of ketones is 1.